The number of rotatable bonds is 3. The molecule has 1 fully saturated rings. The maximum Gasteiger partial charge on any atom is 0.412 e. The summed E-state index contributed by atoms with van der Waals surface area (Å²) >= 11 is 0. The number of ether oxygens (including phenoxy) is 2. The molecule has 9 heteroatoms. The van der Waals surface area contributed by atoms with E-state index < -0.39 is 45.8 Å². The lowest BCUT2D eigenvalue weighted by molar-refractivity contribution is -0.146. The molecule has 2 heterocycles. The second-order valence-corrected chi connectivity index (χ2v) is 10.7. The predicted molar refractivity (Wildman–Crippen MR) is 118 cm³/mol. The van der Waals surface area contributed by atoms with Crippen molar-refractivity contribution in [2.45, 2.75) is 55.8 Å². The molecule has 170 valence electrons. The fourth-order valence-electron chi connectivity index (χ4n) is 4.44. The molecule has 3 atom stereocenters. The molecule has 2 aromatic carbocycles. The number of benzene rings is 2. The van der Waals surface area contributed by atoms with E-state index in [0.29, 0.717) is 5.69 Å². The smallest absolute Gasteiger partial charge is 0.412 e. The third-order valence-electron chi connectivity index (χ3n) is 5.65. The molecule has 0 saturated carbocycles. The molecule has 1 amide bonds. The first-order valence-corrected chi connectivity index (χ1v) is 11.8. The minimum atomic E-state index is -4.04. The van der Waals surface area contributed by atoms with Crippen molar-refractivity contribution in [3.63, 3.8) is 0 Å². The molecule has 2 aliphatic rings. The number of anilines is 1. The molecule has 4 rings (SSSR count). The van der Waals surface area contributed by atoms with Crippen LogP contribution in [0.3, 0.4) is 0 Å². The zero-order chi connectivity index (χ0) is 23.3. The number of para-hydroxylation sites is 1. The van der Waals surface area contributed by atoms with Crippen molar-refractivity contribution in [2.75, 3.05) is 11.4 Å². The summed E-state index contributed by atoms with van der Waals surface area (Å²) in [6.07, 6.45) is -1.48. The first kappa shape index (κ1) is 22.1. The van der Waals surface area contributed by atoms with Gasteiger partial charge in [-0.1, -0.05) is 36.4 Å². The molecule has 0 unspecified atom stereocenters. The van der Waals surface area contributed by atoms with E-state index in [9.17, 15) is 18.0 Å². The van der Waals surface area contributed by atoms with Crippen LogP contribution in [-0.2, 0) is 24.3 Å². The standard InChI is InChI=1S/C23H26N2O6S/c1-23(2,3)31-22(27)24-19(21(26)30-4)14-17-16-12-8-9-13-18(16)25(20(17)24)32(28,29)15-10-6-5-7-11-15/h5-13,17,19-20H,14H2,1-4H3/t17-,19-,20+/m1/s1. The number of carbonyl (C=O) groups excluding carboxylic acids is 2. The summed E-state index contributed by atoms with van der Waals surface area (Å²) in [6.45, 7) is 5.15. The number of methoxy groups -OCH3 is 1. The van der Waals surface area contributed by atoms with Gasteiger partial charge in [0.15, 0.2) is 0 Å². The highest BCUT2D eigenvalue weighted by atomic mass is 32.2. The second kappa shape index (κ2) is 7.81. The van der Waals surface area contributed by atoms with Crippen molar-refractivity contribution in [1.82, 2.24) is 4.90 Å². The van der Waals surface area contributed by atoms with Crippen LogP contribution < -0.4 is 4.31 Å². The lowest BCUT2D eigenvalue weighted by atomic mass is 9.96. The molecule has 32 heavy (non-hydrogen) atoms. The van der Waals surface area contributed by atoms with Gasteiger partial charge in [-0.25, -0.2) is 22.3 Å². The summed E-state index contributed by atoms with van der Waals surface area (Å²) in [5.41, 5.74) is 0.421. The highest BCUT2D eigenvalue weighted by Gasteiger charge is 2.58. The van der Waals surface area contributed by atoms with Crippen LogP contribution in [0, 0.1) is 0 Å². The van der Waals surface area contributed by atoms with Crippen LogP contribution in [0.25, 0.3) is 0 Å². The first-order valence-electron chi connectivity index (χ1n) is 10.3. The van der Waals surface area contributed by atoms with E-state index in [2.05, 4.69) is 0 Å². The van der Waals surface area contributed by atoms with Crippen molar-refractivity contribution >= 4 is 27.8 Å². The van der Waals surface area contributed by atoms with Gasteiger partial charge >= 0.3 is 12.1 Å². The summed E-state index contributed by atoms with van der Waals surface area (Å²) in [7, 11) is -2.79. The lowest BCUT2D eigenvalue weighted by Gasteiger charge is -2.36. The topological polar surface area (TPSA) is 93.2 Å². The Kier molecular flexibility index (Phi) is 5.40. The van der Waals surface area contributed by atoms with Crippen molar-refractivity contribution in [3.8, 4) is 0 Å². The van der Waals surface area contributed by atoms with Gasteiger partial charge in [0.2, 0.25) is 0 Å². The maximum atomic E-state index is 13.8. The molecule has 0 N–H and O–H groups in total. The molecule has 0 spiro atoms. The molecule has 0 radical (unpaired) electrons. The van der Waals surface area contributed by atoms with Gasteiger partial charge in [0.1, 0.15) is 17.8 Å². The fourth-order valence-corrected chi connectivity index (χ4v) is 6.12. The van der Waals surface area contributed by atoms with E-state index in [1.165, 1.54) is 28.4 Å². The molecule has 0 bridgehead atoms. The number of carbonyl (C=O) groups is 2. The summed E-state index contributed by atoms with van der Waals surface area (Å²) in [5, 5.41) is 0. The molecular formula is C23H26N2O6S. The number of fused-ring (bicyclic) bond motifs is 3. The molecule has 2 aliphatic heterocycles. The van der Waals surface area contributed by atoms with Gasteiger partial charge in [0.05, 0.1) is 17.7 Å². The monoisotopic (exact) mass is 458 g/mol. The summed E-state index contributed by atoms with van der Waals surface area (Å²) in [5.74, 6) is -1.01. The number of hydrogen-bond donors (Lipinski definition) is 0. The number of sulfonamides is 1. The number of nitrogens with zero attached hydrogens (tertiary/aromatic N) is 2. The van der Waals surface area contributed by atoms with Gasteiger partial charge in [0.25, 0.3) is 10.0 Å². The van der Waals surface area contributed by atoms with Crippen LogP contribution in [0.5, 0.6) is 0 Å². The van der Waals surface area contributed by atoms with Crippen LogP contribution in [-0.4, -0.2) is 50.3 Å². The van der Waals surface area contributed by atoms with Crippen LogP contribution in [0.1, 0.15) is 38.7 Å². The highest BCUT2D eigenvalue weighted by molar-refractivity contribution is 7.92. The number of likely N-dealkylation sites (tertiary alicyclic amines) is 1. The van der Waals surface area contributed by atoms with Crippen molar-refractivity contribution in [3.05, 3.63) is 60.2 Å². The zero-order valence-electron chi connectivity index (χ0n) is 18.4. The van der Waals surface area contributed by atoms with Crippen LogP contribution >= 0.6 is 0 Å². The Labute approximate surface area is 187 Å². The minimum Gasteiger partial charge on any atom is -0.467 e. The quantitative estimate of drug-likeness (QED) is 0.654. The van der Waals surface area contributed by atoms with Gasteiger partial charge in [-0.15, -0.1) is 0 Å². The molecule has 0 aliphatic carbocycles. The predicted octanol–water partition coefficient (Wildman–Crippen LogP) is 3.49. The van der Waals surface area contributed by atoms with Crippen LogP contribution in [0.4, 0.5) is 10.5 Å². The van der Waals surface area contributed by atoms with E-state index in [-0.39, 0.29) is 11.3 Å². The average molecular weight is 459 g/mol. The molecule has 0 aromatic heterocycles. The second-order valence-electron chi connectivity index (χ2n) is 8.86. The van der Waals surface area contributed by atoms with E-state index in [4.69, 9.17) is 9.47 Å². The molecule has 8 nitrogen and oxygen atoms in total. The van der Waals surface area contributed by atoms with Gasteiger partial charge in [0, 0.05) is 5.92 Å². The zero-order valence-corrected chi connectivity index (χ0v) is 19.2. The summed E-state index contributed by atoms with van der Waals surface area (Å²) in [4.78, 5) is 27.2. The van der Waals surface area contributed by atoms with Gasteiger partial charge in [-0.3, -0.25) is 4.90 Å². The largest absolute Gasteiger partial charge is 0.467 e. The third-order valence-corrected chi connectivity index (χ3v) is 7.45. The summed E-state index contributed by atoms with van der Waals surface area (Å²) < 4.78 is 39.3. The number of esters is 1. The Morgan fingerprint density at radius 1 is 1.00 bits per heavy atom. The van der Waals surface area contributed by atoms with Crippen molar-refractivity contribution < 1.29 is 27.5 Å². The van der Waals surface area contributed by atoms with E-state index in [1.54, 1.807) is 51.1 Å². The van der Waals surface area contributed by atoms with Gasteiger partial charge < -0.3 is 9.47 Å². The van der Waals surface area contributed by atoms with Crippen molar-refractivity contribution in [2.24, 2.45) is 0 Å². The molecule has 1 saturated heterocycles. The fraction of sp³-hybridized carbons (Fsp3) is 0.391. The van der Waals surface area contributed by atoms with E-state index >= 15 is 0 Å². The average Bonchev–Trinajstić information content (AvgIpc) is 3.27. The Morgan fingerprint density at radius 3 is 2.25 bits per heavy atom. The van der Waals surface area contributed by atoms with Gasteiger partial charge in [-0.2, -0.15) is 0 Å². The first-order chi connectivity index (χ1) is 15.1. The highest BCUT2D eigenvalue weighted by Crippen LogP contribution is 2.52. The normalized spacial score (nSPS) is 22.3. The lowest BCUT2D eigenvalue weighted by Crippen LogP contribution is -2.54. The van der Waals surface area contributed by atoms with Crippen LogP contribution in [0.15, 0.2) is 59.5 Å². The third kappa shape index (κ3) is 3.60. The van der Waals surface area contributed by atoms with Crippen molar-refractivity contribution in [1.29, 1.82) is 0 Å². The molecular weight excluding hydrogens is 432 g/mol. The molecule has 2 aromatic rings. The SMILES string of the molecule is COC(=O)[C@H]1C[C@@H]2c3ccccc3N(S(=O)(=O)c3ccccc3)[C@@H]2N1C(=O)OC(C)(C)C. The maximum absolute atomic E-state index is 13.8. The van der Waals surface area contributed by atoms with Crippen LogP contribution in [0.2, 0.25) is 0 Å². The minimum absolute atomic E-state index is 0.0982. The Balaban J connectivity index is 1.88. The number of amides is 1. The van der Waals surface area contributed by atoms with E-state index in [0.717, 1.165) is 5.56 Å². The van der Waals surface area contributed by atoms with Gasteiger partial charge in [-0.05, 0) is 51.0 Å². The number of hydrogen-bond acceptors (Lipinski definition) is 6. The summed E-state index contributed by atoms with van der Waals surface area (Å²) in [6, 6.07) is 14.2. The Morgan fingerprint density at radius 2 is 1.62 bits per heavy atom. The van der Waals surface area contributed by atoms with E-state index in [1.807, 2.05) is 12.1 Å². The Bertz CT molecular complexity index is 1140. The Hall–Kier alpha value is -3.07.